The molecule has 14 nitrogen and oxygen atoms in total. The highest BCUT2D eigenvalue weighted by atomic mass is 32.2. The van der Waals surface area contributed by atoms with Crippen LogP contribution in [-0.4, -0.2) is 78.5 Å². The second kappa shape index (κ2) is 29.4. The minimum atomic E-state index is -4.70. The summed E-state index contributed by atoms with van der Waals surface area (Å²) in [4.78, 5) is 40.5. The van der Waals surface area contributed by atoms with Gasteiger partial charge in [-0.25, -0.2) is 9.59 Å². The molecule has 0 aliphatic carbocycles. The van der Waals surface area contributed by atoms with Crippen LogP contribution in [0.15, 0.2) is 198 Å². The first-order valence-corrected chi connectivity index (χ1v) is 31.3. The van der Waals surface area contributed by atoms with Gasteiger partial charge in [0.05, 0.1) is 56.6 Å². The van der Waals surface area contributed by atoms with Crippen molar-refractivity contribution in [2.45, 2.75) is 69.1 Å². The molecule has 0 aromatic heterocycles. The third-order valence-corrected chi connectivity index (χ3v) is 22.9. The predicted octanol–water partition coefficient (Wildman–Crippen LogP) is 8.03. The Bertz CT molecular complexity index is 2870. The third kappa shape index (κ3) is 17.3. The zero-order valence-corrected chi connectivity index (χ0v) is 45.8. The van der Waals surface area contributed by atoms with Crippen molar-refractivity contribution in [3.8, 4) is 0 Å². The molecule has 0 heterocycles. The zero-order valence-electron chi connectivity index (χ0n) is 42.3. The van der Waals surface area contributed by atoms with Gasteiger partial charge in [0.15, 0.2) is 0 Å². The van der Waals surface area contributed by atoms with Crippen molar-refractivity contribution in [1.82, 2.24) is 0 Å². The quantitative estimate of drug-likeness (QED) is 0.0416. The lowest BCUT2D eigenvalue weighted by atomic mass is 10.1. The average Bonchev–Trinajstić information content (AvgIpc) is 3.42. The fourth-order valence-electron chi connectivity index (χ4n) is 8.33. The summed E-state index contributed by atoms with van der Waals surface area (Å²) in [6, 6.07) is 59.3. The molecule has 18 heteroatoms. The summed E-state index contributed by atoms with van der Waals surface area (Å²) in [6.45, 7) is 7.00. The van der Waals surface area contributed by atoms with Crippen molar-refractivity contribution in [2.24, 2.45) is 0 Å². The molecule has 0 atom stereocenters. The van der Waals surface area contributed by atoms with Crippen LogP contribution in [-0.2, 0) is 20.2 Å². The standard InChI is InChI=1S/C24H20P.C18H32P.2C8H6O7S/c1-5-13-21(14-6-1)25(22-15-7-2-8-16-22,23-17-9-3-10-18-23)24-19-11-4-12-20-24;1-4-7-15-19(16-8-5-2,17-9-6-3)18-13-11-10-12-14-18;2*9-7(10)4-1-5(8(11)12)3-6(2-4)16(13,14)15/h1-20H;10-14H,4-9,15-17H2,1-3H3;2*1-3H,(H,9,10)(H,11,12)(H,13,14,15)/q2*+1;;/p-2. The zero-order chi connectivity index (χ0) is 55.9. The van der Waals surface area contributed by atoms with Crippen LogP contribution < -0.4 is 36.7 Å². The fourth-order valence-corrected chi connectivity index (χ4v) is 18.7. The molecule has 4 N–H and O–H groups in total. The van der Waals surface area contributed by atoms with Crippen LogP contribution in [0.1, 0.15) is 101 Å². The normalized spacial score (nSPS) is 11.3. The number of carbonyl (C=O) groups excluding carboxylic acids is 2. The third-order valence-electron chi connectivity index (χ3n) is 12.1. The van der Waals surface area contributed by atoms with Crippen molar-refractivity contribution in [3.63, 3.8) is 0 Å². The van der Waals surface area contributed by atoms with E-state index in [1.165, 1.54) is 78.2 Å². The molecule has 0 radical (unpaired) electrons. The Morgan fingerprint density at radius 1 is 0.395 bits per heavy atom. The van der Waals surface area contributed by atoms with E-state index in [-0.39, 0.29) is 0 Å². The Morgan fingerprint density at radius 3 is 0.855 bits per heavy atom. The van der Waals surface area contributed by atoms with Gasteiger partial charge in [-0.05, 0) is 127 Å². The number of carbonyl (C=O) groups is 4. The summed E-state index contributed by atoms with van der Waals surface area (Å²) in [5.74, 6) is -6.53. The molecule has 0 aliphatic rings. The monoisotopic (exact) mass is 1110 g/mol. The Kier molecular flexibility index (Phi) is 23.9. The summed E-state index contributed by atoms with van der Waals surface area (Å²) < 4.78 is 60.3. The summed E-state index contributed by atoms with van der Waals surface area (Å²) in [7, 11) is -12.1. The molecular weight excluding hydrogens is 1050 g/mol. The fraction of sp³-hybridized carbons (Fsp3) is 0.207. The second-order valence-corrected chi connectivity index (χ2v) is 27.8. The maximum atomic E-state index is 10.8. The van der Waals surface area contributed by atoms with E-state index in [2.05, 4.69) is 172 Å². The van der Waals surface area contributed by atoms with Crippen molar-refractivity contribution in [3.05, 3.63) is 210 Å². The first-order chi connectivity index (χ1) is 36.1. The van der Waals surface area contributed by atoms with Crippen LogP contribution in [0.2, 0.25) is 0 Å². The number of hydrogen-bond acceptors (Lipinski definition) is 10. The van der Waals surface area contributed by atoms with E-state index in [4.69, 9.17) is 19.3 Å². The average molecular weight is 1110 g/mol. The Labute approximate surface area is 446 Å². The van der Waals surface area contributed by atoms with Gasteiger partial charge in [0, 0.05) is 7.26 Å². The summed E-state index contributed by atoms with van der Waals surface area (Å²) in [6.07, 6.45) is 12.7. The maximum absolute atomic E-state index is 10.8. The van der Waals surface area contributed by atoms with Crippen LogP contribution in [0.3, 0.4) is 0 Å². The molecule has 0 amide bonds. The molecule has 7 aromatic rings. The summed E-state index contributed by atoms with van der Waals surface area (Å²) >= 11 is 0. The van der Waals surface area contributed by atoms with E-state index in [1.54, 1.807) is 5.30 Å². The van der Waals surface area contributed by atoms with E-state index in [0.717, 1.165) is 6.07 Å². The molecule has 0 fully saturated rings. The van der Waals surface area contributed by atoms with Gasteiger partial charge in [-0.15, -0.1) is 0 Å². The van der Waals surface area contributed by atoms with Gasteiger partial charge in [-0.3, -0.25) is 9.11 Å². The lowest BCUT2D eigenvalue weighted by Crippen LogP contribution is -2.38. The van der Waals surface area contributed by atoms with Crippen LogP contribution in [0.25, 0.3) is 0 Å². The number of unbranched alkanes of at least 4 members (excludes halogenated alkanes) is 3. The highest BCUT2D eigenvalue weighted by Gasteiger charge is 2.47. The van der Waals surface area contributed by atoms with Gasteiger partial charge in [0.2, 0.25) is 0 Å². The molecule has 0 spiro atoms. The molecule has 0 saturated heterocycles. The number of carboxylic acids is 4. The van der Waals surface area contributed by atoms with Gasteiger partial charge in [-0.2, -0.15) is 16.8 Å². The number of rotatable bonds is 20. The Morgan fingerprint density at radius 2 is 0.632 bits per heavy atom. The molecule has 0 saturated carbocycles. The first kappa shape index (κ1) is 61.6. The number of carboxylic acid groups (broad SMARTS) is 4. The van der Waals surface area contributed by atoms with Gasteiger partial charge < -0.3 is 30.0 Å². The van der Waals surface area contributed by atoms with Crippen LogP contribution in [0.4, 0.5) is 0 Å². The largest absolute Gasteiger partial charge is 0.545 e. The van der Waals surface area contributed by atoms with Gasteiger partial charge in [-0.1, -0.05) is 131 Å². The van der Waals surface area contributed by atoms with Crippen LogP contribution >= 0.6 is 14.5 Å². The summed E-state index contributed by atoms with van der Waals surface area (Å²) in [5, 5.41) is 45.4. The van der Waals surface area contributed by atoms with E-state index >= 15 is 0 Å². The SMILES string of the molecule is CCCC[P+](CCCC)(CCCC)c1ccccc1.O=C(O)c1cc(C(=O)O)cc(S(=O)(=O)O)c1.O=C([O-])c1cc(C(=O)[O-])cc(S(=O)(=O)O)c1.c1ccc([P+](c2ccccc2)(c2ccccc2)c2ccccc2)cc1. The highest BCUT2D eigenvalue weighted by Crippen LogP contribution is 2.59. The Balaban J connectivity index is 0.000000224. The molecular formula is C58H62O14P2S2. The maximum Gasteiger partial charge on any atom is 0.335 e. The van der Waals surface area contributed by atoms with E-state index in [1.807, 2.05) is 0 Å². The minimum absolute atomic E-state index is 0.535. The highest BCUT2D eigenvalue weighted by molar-refractivity contribution is 8.01. The van der Waals surface area contributed by atoms with Crippen LogP contribution in [0, 0.1) is 0 Å². The molecule has 0 bridgehead atoms. The van der Waals surface area contributed by atoms with Crippen molar-refractivity contribution < 1.29 is 65.5 Å². The van der Waals surface area contributed by atoms with Gasteiger partial charge in [0.1, 0.15) is 28.5 Å². The smallest absolute Gasteiger partial charge is 0.335 e. The van der Waals surface area contributed by atoms with Crippen LogP contribution in [0.5, 0.6) is 0 Å². The number of hydrogen-bond donors (Lipinski definition) is 4. The lowest BCUT2D eigenvalue weighted by Gasteiger charge is -2.27. The molecule has 400 valence electrons. The molecule has 7 rings (SSSR count). The van der Waals surface area contributed by atoms with E-state index in [9.17, 15) is 46.2 Å². The van der Waals surface area contributed by atoms with E-state index < -0.39 is 90.7 Å². The number of aromatic carboxylic acids is 4. The first-order valence-electron chi connectivity index (χ1n) is 24.3. The second-order valence-electron chi connectivity index (χ2n) is 17.4. The lowest BCUT2D eigenvalue weighted by molar-refractivity contribution is -0.255. The predicted molar refractivity (Wildman–Crippen MR) is 299 cm³/mol. The van der Waals surface area contributed by atoms with Crippen molar-refractivity contribution in [2.75, 3.05) is 18.5 Å². The van der Waals surface area contributed by atoms with E-state index in [0.29, 0.717) is 30.3 Å². The van der Waals surface area contributed by atoms with Crippen molar-refractivity contribution >= 4 is 85.2 Å². The topological polar surface area (TPSA) is 264 Å². The summed E-state index contributed by atoms with van der Waals surface area (Å²) in [5.41, 5.74) is -2.44. The van der Waals surface area contributed by atoms with Gasteiger partial charge >= 0.3 is 11.9 Å². The van der Waals surface area contributed by atoms with Gasteiger partial charge in [0.25, 0.3) is 20.2 Å². The molecule has 76 heavy (non-hydrogen) atoms. The molecule has 0 unspecified atom stereocenters. The minimum Gasteiger partial charge on any atom is -0.545 e. The Hall–Kier alpha value is -6.90. The molecule has 0 aliphatic heterocycles. The number of benzene rings is 7. The van der Waals surface area contributed by atoms with Crippen molar-refractivity contribution in [1.29, 1.82) is 0 Å². The molecule has 7 aromatic carbocycles.